The van der Waals surface area contributed by atoms with Crippen LogP contribution in [0.4, 0.5) is 5.82 Å². The molecule has 0 aliphatic carbocycles. The highest BCUT2D eigenvalue weighted by Crippen LogP contribution is 2.17. The zero-order valence-electron chi connectivity index (χ0n) is 8.70. The number of rotatable bonds is 5. The normalized spacial score (nSPS) is 12.5. The lowest BCUT2D eigenvalue weighted by Crippen LogP contribution is -2.24. The monoisotopic (exact) mass is 231 g/mol. The van der Waals surface area contributed by atoms with Crippen molar-refractivity contribution in [3.63, 3.8) is 0 Å². The topological polar surface area (TPSA) is 67.3 Å². The van der Waals surface area contributed by atoms with Crippen LogP contribution in [-0.2, 0) is 4.74 Å². The molecule has 1 heterocycles. The summed E-state index contributed by atoms with van der Waals surface area (Å²) >= 11 is 5.81. The van der Waals surface area contributed by atoms with Crippen molar-refractivity contribution in [2.75, 3.05) is 25.6 Å². The molecule has 0 aromatic carbocycles. The van der Waals surface area contributed by atoms with Crippen molar-refractivity contribution in [3.05, 3.63) is 17.0 Å². The van der Waals surface area contributed by atoms with Crippen LogP contribution < -0.4 is 5.32 Å². The Morgan fingerprint density at radius 1 is 1.60 bits per heavy atom. The number of methoxy groups -OCH3 is 1. The van der Waals surface area contributed by atoms with Crippen molar-refractivity contribution in [3.8, 4) is 0 Å². The standard InChI is InChI=1S/C9H14ClN3O2/c1-6-8(10)12-5-13-9(6)11-3-7(14)4-15-2/h5,7,14H,3-4H2,1-2H3,(H,11,12,13). The third-order valence-electron chi connectivity index (χ3n) is 1.89. The van der Waals surface area contributed by atoms with E-state index >= 15 is 0 Å². The van der Waals surface area contributed by atoms with E-state index in [2.05, 4.69) is 15.3 Å². The first kappa shape index (κ1) is 12.2. The van der Waals surface area contributed by atoms with Crippen molar-refractivity contribution in [1.82, 2.24) is 9.97 Å². The van der Waals surface area contributed by atoms with Crippen LogP contribution in [0.3, 0.4) is 0 Å². The van der Waals surface area contributed by atoms with Gasteiger partial charge in [0.25, 0.3) is 0 Å². The van der Waals surface area contributed by atoms with Crippen molar-refractivity contribution in [1.29, 1.82) is 0 Å². The van der Waals surface area contributed by atoms with Gasteiger partial charge in [0.2, 0.25) is 0 Å². The molecule has 0 amide bonds. The summed E-state index contributed by atoms with van der Waals surface area (Å²) in [5.41, 5.74) is 0.767. The maximum Gasteiger partial charge on any atom is 0.137 e. The molecule has 6 heteroatoms. The Morgan fingerprint density at radius 2 is 2.33 bits per heavy atom. The van der Waals surface area contributed by atoms with E-state index in [-0.39, 0.29) is 6.61 Å². The summed E-state index contributed by atoms with van der Waals surface area (Å²) in [7, 11) is 1.54. The lowest BCUT2D eigenvalue weighted by molar-refractivity contribution is 0.0727. The van der Waals surface area contributed by atoms with Gasteiger partial charge in [-0.05, 0) is 6.92 Å². The number of anilines is 1. The SMILES string of the molecule is COCC(O)CNc1ncnc(Cl)c1C. The van der Waals surface area contributed by atoms with Crippen LogP contribution in [0.5, 0.6) is 0 Å². The molecular weight excluding hydrogens is 218 g/mol. The Kier molecular flexibility index (Phi) is 4.74. The minimum atomic E-state index is -0.567. The first-order valence-corrected chi connectivity index (χ1v) is 4.91. The van der Waals surface area contributed by atoms with Gasteiger partial charge in [-0.3, -0.25) is 0 Å². The molecule has 0 aliphatic rings. The maximum atomic E-state index is 9.41. The zero-order valence-corrected chi connectivity index (χ0v) is 9.45. The molecule has 0 aliphatic heterocycles. The molecule has 1 aromatic heterocycles. The number of ether oxygens (including phenoxy) is 1. The van der Waals surface area contributed by atoms with Gasteiger partial charge in [0.15, 0.2) is 0 Å². The van der Waals surface area contributed by atoms with Gasteiger partial charge in [-0.15, -0.1) is 0 Å². The van der Waals surface area contributed by atoms with Gasteiger partial charge in [0.1, 0.15) is 17.3 Å². The van der Waals surface area contributed by atoms with Gasteiger partial charge in [-0.2, -0.15) is 0 Å². The Hall–Kier alpha value is -0.910. The summed E-state index contributed by atoms with van der Waals surface area (Å²) in [6.45, 7) is 2.46. The average molecular weight is 232 g/mol. The summed E-state index contributed by atoms with van der Waals surface area (Å²) in [4.78, 5) is 7.84. The molecule has 1 atom stereocenters. The molecule has 0 spiro atoms. The van der Waals surface area contributed by atoms with Crippen LogP contribution in [0.15, 0.2) is 6.33 Å². The van der Waals surface area contributed by atoms with E-state index in [1.807, 2.05) is 6.92 Å². The van der Waals surface area contributed by atoms with Gasteiger partial charge < -0.3 is 15.2 Å². The largest absolute Gasteiger partial charge is 0.389 e. The highest BCUT2D eigenvalue weighted by molar-refractivity contribution is 6.30. The second kappa shape index (κ2) is 5.85. The predicted molar refractivity (Wildman–Crippen MR) is 58.2 cm³/mol. The van der Waals surface area contributed by atoms with Gasteiger partial charge >= 0.3 is 0 Å². The van der Waals surface area contributed by atoms with Crippen LogP contribution in [-0.4, -0.2) is 41.4 Å². The van der Waals surface area contributed by atoms with E-state index in [9.17, 15) is 5.11 Å². The average Bonchev–Trinajstić information content (AvgIpc) is 2.21. The highest BCUT2D eigenvalue weighted by atomic mass is 35.5. The molecule has 0 saturated heterocycles. The number of aromatic nitrogens is 2. The van der Waals surface area contributed by atoms with E-state index in [1.54, 1.807) is 0 Å². The first-order valence-electron chi connectivity index (χ1n) is 4.53. The smallest absolute Gasteiger partial charge is 0.137 e. The van der Waals surface area contributed by atoms with Gasteiger partial charge in [0, 0.05) is 19.2 Å². The fraction of sp³-hybridized carbons (Fsp3) is 0.556. The molecule has 1 unspecified atom stereocenters. The van der Waals surface area contributed by atoms with E-state index in [0.29, 0.717) is 17.5 Å². The molecule has 5 nitrogen and oxygen atoms in total. The molecule has 15 heavy (non-hydrogen) atoms. The fourth-order valence-electron chi connectivity index (χ4n) is 1.07. The molecule has 0 saturated carbocycles. The summed E-state index contributed by atoms with van der Waals surface area (Å²) < 4.78 is 4.80. The Balaban J connectivity index is 2.54. The molecule has 84 valence electrons. The number of hydrogen-bond donors (Lipinski definition) is 2. The minimum Gasteiger partial charge on any atom is -0.389 e. The number of nitrogens with zero attached hydrogens (tertiary/aromatic N) is 2. The molecule has 2 N–H and O–H groups in total. The van der Waals surface area contributed by atoms with E-state index in [0.717, 1.165) is 5.56 Å². The number of halogens is 1. The van der Waals surface area contributed by atoms with Crippen molar-refractivity contribution in [2.45, 2.75) is 13.0 Å². The summed E-state index contributed by atoms with van der Waals surface area (Å²) in [5, 5.41) is 12.8. The lowest BCUT2D eigenvalue weighted by Gasteiger charge is -2.12. The van der Waals surface area contributed by atoms with Crippen LogP contribution in [0.2, 0.25) is 5.15 Å². The quantitative estimate of drug-likeness (QED) is 0.736. The fourth-order valence-corrected chi connectivity index (χ4v) is 1.21. The van der Waals surface area contributed by atoms with Gasteiger partial charge in [0.05, 0.1) is 12.7 Å². The minimum absolute atomic E-state index is 0.283. The summed E-state index contributed by atoms with van der Waals surface area (Å²) in [6.07, 6.45) is 0.809. The van der Waals surface area contributed by atoms with E-state index in [4.69, 9.17) is 16.3 Å². The van der Waals surface area contributed by atoms with Crippen LogP contribution in [0.25, 0.3) is 0 Å². The Bertz CT molecular complexity index is 322. The molecule has 0 bridgehead atoms. The van der Waals surface area contributed by atoms with Crippen LogP contribution in [0.1, 0.15) is 5.56 Å². The van der Waals surface area contributed by atoms with Gasteiger partial charge in [-0.1, -0.05) is 11.6 Å². The molecule has 1 aromatic rings. The highest BCUT2D eigenvalue weighted by Gasteiger charge is 2.07. The zero-order chi connectivity index (χ0) is 11.3. The van der Waals surface area contributed by atoms with E-state index < -0.39 is 6.10 Å². The number of aliphatic hydroxyl groups is 1. The molecule has 0 fully saturated rings. The Morgan fingerprint density at radius 3 is 3.00 bits per heavy atom. The molecular formula is C9H14ClN3O2. The maximum absolute atomic E-state index is 9.41. The van der Waals surface area contributed by atoms with E-state index in [1.165, 1.54) is 13.4 Å². The second-order valence-corrected chi connectivity index (χ2v) is 3.49. The van der Waals surface area contributed by atoms with Gasteiger partial charge in [-0.25, -0.2) is 9.97 Å². The second-order valence-electron chi connectivity index (χ2n) is 3.13. The Labute approximate surface area is 93.5 Å². The van der Waals surface area contributed by atoms with Crippen molar-refractivity contribution < 1.29 is 9.84 Å². The summed E-state index contributed by atoms with van der Waals surface area (Å²) in [6, 6.07) is 0. The third-order valence-corrected chi connectivity index (χ3v) is 2.27. The number of nitrogens with one attached hydrogen (secondary N) is 1. The number of aliphatic hydroxyl groups excluding tert-OH is 1. The molecule has 1 rings (SSSR count). The first-order chi connectivity index (χ1) is 7.15. The van der Waals surface area contributed by atoms with Crippen molar-refractivity contribution >= 4 is 17.4 Å². The molecule has 0 radical (unpaired) electrons. The predicted octanol–water partition coefficient (Wildman–Crippen LogP) is 0.858. The van der Waals surface area contributed by atoms with Crippen LogP contribution >= 0.6 is 11.6 Å². The van der Waals surface area contributed by atoms with Crippen LogP contribution in [0, 0.1) is 6.92 Å². The summed E-state index contributed by atoms with van der Waals surface area (Å²) in [5.74, 6) is 0.630. The third kappa shape index (κ3) is 3.62. The number of hydrogen-bond acceptors (Lipinski definition) is 5. The lowest BCUT2D eigenvalue weighted by atomic mass is 10.3. The van der Waals surface area contributed by atoms with Crippen molar-refractivity contribution in [2.24, 2.45) is 0 Å².